The minimum absolute atomic E-state index is 0.215. The quantitative estimate of drug-likeness (QED) is 0.742. The molecule has 1 atom stereocenters. The molecule has 0 aromatic heterocycles. The van der Waals surface area contributed by atoms with E-state index in [1.165, 1.54) is 18.5 Å². The van der Waals surface area contributed by atoms with Gasteiger partial charge in [-0.25, -0.2) is 8.42 Å². The highest BCUT2D eigenvalue weighted by atomic mass is 35.5. The Morgan fingerprint density at radius 3 is 2.47 bits per heavy atom. The molecule has 0 saturated carbocycles. The van der Waals surface area contributed by atoms with Crippen LogP contribution < -0.4 is 0 Å². The van der Waals surface area contributed by atoms with Gasteiger partial charge in [0.15, 0.2) is 0 Å². The van der Waals surface area contributed by atoms with Crippen molar-refractivity contribution in [1.29, 1.82) is 0 Å². The van der Waals surface area contributed by atoms with E-state index in [0.29, 0.717) is 6.61 Å². The highest BCUT2D eigenvalue weighted by Crippen LogP contribution is 2.14. The molecule has 96 valence electrons. The van der Waals surface area contributed by atoms with Crippen LogP contribution in [-0.2, 0) is 14.8 Å². The van der Waals surface area contributed by atoms with Crippen LogP contribution in [0.1, 0.15) is 0 Å². The Morgan fingerprint density at radius 1 is 1.35 bits per heavy atom. The molecule has 0 aliphatic carbocycles. The third-order valence-corrected chi connectivity index (χ3v) is 4.36. The smallest absolute Gasteiger partial charge is 0.242 e. The first-order valence-corrected chi connectivity index (χ1v) is 7.00. The molecule has 0 N–H and O–H groups in total. The second-order valence-corrected chi connectivity index (χ2v) is 6.31. The van der Waals surface area contributed by atoms with E-state index in [1.54, 1.807) is 30.3 Å². The van der Waals surface area contributed by atoms with E-state index < -0.39 is 10.0 Å². The van der Waals surface area contributed by atoms with E-state index in [-0.39, 0.29) is 16.8 Å². The zero-order valence-electron chi connectivity index (χ0n) is 9.84. The molecular weight excluding hydrogens is 262 g/mol. The Balaban J connectivity index is 2.78. The summed E-state index contributed by atoms with van der Waals surface area (Å²) in [6.45, 7) is 0.531. The van der Waals surface area contributed by atoms with Crippen molar-refractivity contribution >= 4 is 21.6 Å². The fraction of sp³-hybridized carbons (Fsp3) is 0.455. The van der Waals surface area contributed by atoms with Gasteiger partial charge in [0.1, 0.15) is 0 Å². The molecule has 0 spiro atoms. The van der Waals surface area contributed by atoms with E-state index in [0.717, 1.165) is 0 Å². The molecule has 17 heavy (non-hydrogen) atoms. The maximum absolute atomic E-state index is 12.1. The van der Waals surface area contributed by atoms with Crippen molar-refractivity contribution in [2.45, 2.75) is 10.3 Å². The lowest BCUT2D eigenvalue weighted by Gasteiger charge is -2.19. The number of benzene rings is 1. The molecule has 1 aromatic carbocycles. The average Bonchev–Trinajstić information content (AvgIpc) is 2.30. The van der Waals surface area contributed by atoms with Gasteiger partial charge in [-0.15, -0.1) is 11.6 Å². The summed E-state index contributed by atoms with van der Waals surface area (Å²) in [5, 5.41) is -0.358. The van der Waals surface area contributed by atoms with E-state index in [4.69, 9.17) is 16.3 Å². The van der Waals surface area contributed by atoms with Gasteiger partial charge in [-0.1, -0.05) is 18.2 Å². The van der Waals surface area contributed by atoms with Gasteiger partial charge in [0, 0.05) is 20.7 Å². The van der Waals surface area contributed by atoms with Gasteiger partial charge in [-0.05, 0) is 12.1 Å². The first kappa shape index (κ1) is 14.4. The van der Waals surface area contributed by atoms with Crippen molar-refractivity contribution in [3.63, 3.8) is 0 Å². The summed E-state index contributed by atoms with van der Waals surface area (Å²) in [4.78, 5) is 0.267. The lowest BCUT2D eigenvalue weighted by atomic mass is 10.4. The van der Waals surface area contributed by atoms with Gasteiger partial charge in [-0.3, -0.25) is 0 Å². The van der Waals surface area contributed by atoms with Crippen LogP contribution in [0.3, 0.4) is 0 Å². The number of hydrogen-bond donors (Lipinski definition) is 0. The Kier molecular flexibility index (Phi) is 5.39. The van der Waals surface area contributed by atoms with E-state index in [1.807, 2.05) is 0 Å². The van der Waals surface area contributed by atoms with Crippen molar-refractivity contribution in [2.24, 2.45) is 0 Å². The molecular formula is C11H16ClNO3S. The molecule has 0 aliphatic heterocycles. The number of ether oxygens (including phenoxy) is 1. The molecule has 0 radical (unpaired) electrons. The van der Waals surface area contributed by atoms with Crippen molar-refractivity contribution in [2.75, 3.05) is 27.3 Å². The van der Waals surface area contributed by atoms with Crippen molar-refractivity contribution in [3.05, 3.63) is 30.3 Å². The average molecular weight is 278 g/mol. The van der Waals surface area contributed by atoms with Crippen LogP contribution in [0, 0.1) is 0 Å². The van der Waals surface area contributed by atoms with Crippen LogP contribution in [0.2, 0.25) is 0 Å². The van der Waals surface area contributed by atoms with Gasteiger partial charge < -0.3 is 4.74 Å². The lowest BCUT2D eigenvalue weighted by molar-refractivity contribution is 0.192. The van der Waals surface area contributed by atoms with Gasteiger partial charge in [0.25, 0.3) is 0 Å². The normalized spacial score (nSPS) is 13.9. The summed E-state index contributed by atoms with van der Waals surface area (Å²) in [6.07, 6.45) is 0. The number of nitrogens with zero attached hydrogens (tertiary/aromatic N) is 1. The minimum atomic E-state index is -3.46. The van der Waals surface area contributed by atoms with Crippen LogP contribution in [0.25, 0.3) is 0 Å². The van der Waals surface area contributed by atoms with Crippen molar-refractivity contribution in [3.8, 4) is 0 Å². The zero-order valence-corrected chi connectivity index (χ0v) is 11.4. The Hall–Kier alpha value is -0.620. The maximum Gasteiger partial charge on any atom is 0.242 e. The van der Waals surface area contributed by atoms with Gasteiger partial charge >= 0.3 is 0 Å². The molecule has 1 unspecified atom stereocenters. The molecule has 0 fully saturated rings. The fourth-order valence-corrected chi connectivity index (χ4v) is 3.04. The van der Waals surface area contributed by atoms with E-state index >= 15 is 0 Å². The topological polar surface area (TPSA) is 46.6 Å². The van der Waals surface area contributed by atoms with Crippen LogP contribution >= 0.6 is 11.6 Å². The first-order valence-electron chi connectivity index (χ1n) is 5.13. The zero-order chi connectivity index (χ0) is 12.9. The molecule has 0 bridgehead atoms. The molecule has 1 rings (SSSR count). The Morgan fingerprint density at radius 2 is 1.94 bits per heavy atom. The van der Waals surface area contributed by atoms with Crippen LogP contribution in [0.15, 0.2) is 35.2 Å². The molecule has 0 heterocycles. The number of alkyl halides is 1. The number of halogens is 1. The lowest BCUT2D eigenvalue weighted by Crippen LogP contribution is -2.33. The maximum atomic E-state index is 12.1. The van der Waals surface area contributed by atoms with Crippen molar-refractivity contribution < 1.29 is 13.2 Å². The Labute approximate surface area is 107 Å². The molecule has 0 aliphatic rings. The molecule has 1 aromatic rings. The summed E-state index contributed by atoms with van der Waals surface area (Å²) < 4.78 is 30.3. The summed E-state index contributed by atoms with van der Waals surface area (Å²) >= 11 is 5.94. The number of sulfonamides is 1. The molecule has 0 amide bonds. The fourth-order valence-electron chi connectivity index (χ4n) is 1.38. The summed E-state index contributed by atoms with van der Waals surface area (Å²) in [6, 6.07) is 8.27. The number of hydrogen-bond acceptors (Lipinski definition) is 3. The van der Waals surface area contributed by atoms with Crippen LogP contribution in [-0.4, -0.2) is 45.4 Å². The SMILES string of the molecule is COCC(Cl)CN(C)S(=O)(=O)c1ccccc1. The standard InChI is InChI=1S/C11H16ClNO3S/c1-13(8-10(12)9-16-2)17(14,15)11-6-4-3-5-7-11/h3-7,10H,8-9H2,1-2H3. The monoisotopic (exact) mass is 277 g/mol. The van der Waals surface area contributed by atoms with E-state index in [2.05, 4.69) is 0 Å². The third-order valence-electron chi connectivity index (χ3n) is 2.25. The highest BCUT2D eigenvalue weighted by Gasteiger charge is 2.22. The predicted octanol–water partition coefficient (Wildman–Crippen LogP) is 1.56. The number of methoxy groups -OCH3 is 1. The summed E-state index contributed by atoms with van der Waals surface area (Å²) in [5.74, 6) is 0. The molecule has 6 heteroatoms. The summed E-state index contributed by atoms with van der Waals surface area (Å²) in [7, 11) is -0.423. The largest absolute Gasteiger partial charge is 0.383 e. The Bertz CT molecular complexity index is 435. The van der Waals surface area contributed by atoms with Gasteiger partial charge in [-0.2, -0.15) is 4.31 Å². The predicted molar refractivity (Wildman–Crippen MR) is 67.8 cm³/mol. The van der Waals surface area contributed by atoms with Gasteiger partial charge in [0.2, 0.25) is 10.0 Å². The molecule has 0 saturated heterocycles. The van der Waals surface area contributed by atoms with Crippen LogP contribution in [0.5, 0.6) is 0 Å². The highest BCUT2D eigenvalue weighted by molar-refractivity contribution is 7.89. The number of rotatable bonds is 6. The van der Waals surface area contributed by atoms with E-state index in [9.17, 15) is 8.42 Å². The minimum Gasteiger partial charge on any atom is -0.383 e. The van der Waals surface area contributed by atoms with Crippen molar-refractivity contribution in [1.82, 2.24) is 4.31 Å². The first-order chi connectivity index (χ1) is 7.98. The second kappa shape index (κ2) is 6.35. The summed E-state index contributed by atoms with van der Waals surface area (Å²) in [5.41, 5.74) is 0. The molecule has 4 nitrogen and oxygen atoms in total. The second-order valence-electron chi connectivity index (χ2n) is 3.65. The third kappa shape index (κ3) is 3.96. The van der Waals surface area contributed by atoms with Gasteiger partial charge in [0.05, 0.1) is 16.9 Å². The van der Waals surface area contributed by atoms with Crippen LogP contribution in [0.4, 0.5) is 0 Å².